The summed E-state index contributed by atoms with van der Waals surface area (Å²) in [7, 11) is 0. The predicted molar refractivity (Wildman–Crippen MR) is 86.5 cm³/mol. The molecule has 0 radical (unpaired) electrons. The number of anilines is 1. The van der Waals surface area contributed by atoms with Crippen molar-refractivity contribution < 1.29 is 4.79 Å². The van der Waals surface area contributed by atoms with Gasteiger partial charge in [-0.05, 0) is 11.1 Å². The standard InChI is InChI=1S/C18H17N3O/c22-18(13-15-7-3-1-4-8-15)19-17-11-12-21(20-17)14-16-9-5-2-6-10-16/h1-12H,13-14H2,(H,19,20,22). The highest BCUT2D eigenvalue weighted by molar-refractivity contribution is 5.91. The van der Waals surface area contributed by atoms with E-state index in [4.69, 9.17) is 0 Å². The van der Waals surface area contributed by atoms with Gasteiger partial charge in [-0.2, -0.15) is 5.10 Å². The Labute approximate surface area is 129 Å². The zero-order valence-electron chi connectivity index (χ0n) is 12.1. The molecule has 0 saturated carbocycles. The minimum absolute atomic E-state index is 0.0591. The minimum atomic E-state index is -0.0591. The fourth-order valence-electron chi connectivity index (χ4n) is 2.26. The molecule has 1 aromatic heterocycles. The van der Waals surface area contributed by atoms with E-state index in [9.17, 15) is 4.79 Å². The van der Waals surface area contributed by atoms with Crippen molar-refractivity contribution in [3.8, 4) is 0 Å². The molecule has 22 heavy (non-hydrogen) atoms. The summed E-state index contributed by atoms with van der Waals surface area (Å²) in [6.07, 6.45) is 2.22. The number of carbonyl (C=O) groups excluding carboxylic acids is 1. The number of benzene rings is 2. The van der Waals surface area contributed by atoms with Gasteiger partial charge in [-0.3, -0.25) is 9.48 Å². The summed E-state index contributed by atoms with van der Waals surface area (Å²) in [5, 5.41) is 7.20. The molecule has 3 rings (SSSR count). The first-order valence-corrected chi connectivity index (χ1v) is 7.21. The smallest absolute Gasteiger partial charge is 0.229 e. The van der Waals surface area contributed by atoms with Crippen molar-refractivity contribution in [2.45, 2.75) is 13.0 Å². The normalized spacial score (nSPS) is 10.4. The van der Waals surface area contributed by atoms with Gasteiger partial charge in [0.15, 0.2) is 5.82 Å². The van der Waals surface area contributed by atoms with E-state index in [0.717, 1.165) is 5.56 Å². The summed E-state index contributed by atoms with van der Waals surface area (Å²) >= 11 is 0. The van der Waals surface area contributed by atoms with Crippen molar-refractivity contribution in [2.75, 3.05) is 5.32 Å². The quantitative estimate of drug-likeness (QED) is 0.785. The summed E-state index contributed by atoms with van der Waals surface area (Å²) in [5.74, 6) is 0.521. The van der Waals surface area contributed by atoms with Gasteiger partial charge < -0.3 is 5.32 Å². The van der Waals surface area contributed by atoms with Gasteiger partial charge in [0.1, 0.15) is 0 Å². The number of rotatable bonds is 5. The molecule has 4 heteroatoms. The number of amides is 1. The Morgan fingerprint density at radius 1 is 0.909 bits per heavy atom. The molecule has 2 aromatic carbocycles. The largest absolute Gasteiger partial charge is 0.309 e. The monoisotopic (exact) mass is 291 g/mol. The van der Waals surface area contributed by atoms with Crippen LogP contribution in [-0.2, 0) is 17.8 Å². The summed E-state index contributed by atoms with van der Waals surface area (Å²) in [6.45, 7) is 0.690. The maximum atomic E-state index is 12.0. The van der Waals surface area contributed by atoms with Crippen LogP contribution in [0.3, 0.4) is 0 Å². The first-order chi connectivity index (χ1) is 10.8. The molecule has 0 aliphatic carbocycles. The third-order valence-corrected chi connectivity index (χ3v) is 3.30. The fourth-order valence-corrected chi connectivity index (χ4v) is 2.26. The molecular weight excluding hydrogens is 274 g/mol. The van der Waals surface area contributed by atoms with E-state index in [1.54, 1.807) is 0 Å². The van der Waals surface area contributed by atoms with Gasteiger partial charge in [-0.25, -0.2) is 0 Å². The maximum absolute atomic E-state index is 12.0. The van der Waals surface area contributed by atoms with E-state index >= 15 is 0 Å². The summed E-state index contributed by atoms with van der Waals surface area (Å²) in [6, 6.07) is 21.6. The fraction of sp³-hybridized carbons (Fsp3) is 0.111. The molecule has 4 nitrogen and oxygen atoms in total. The van der Waals surface area contributed by atoms with Crippen LogP contribution in [-0.4, -0.2) is 15.7 Å². The van der Waals surface area contributed by atoms with Crippen molar-refractivity contribution in [3.05, 3.63) is 84.1 Å². The average Bonchev–Trinajstić information content (AvgIpc) is 2.96. The lowest BCUT2D eigenvalue weighted by Gasteiger charge is -2.03. The highest BCUT2D eigenvalue weighted by atomic mass is 16.1. The molecule has 0 fully saturated rings. The summed E-state index contributed by atoms with van der Waals surface area (Å²) in [5.41, 5.74) is 2.16. The van der Waals surface area contributed by atoms with Gasteiger partial charge in [0, 0.05) is 12.3 Å². The minimum Gasteiger partial charge on any atom is -0.309 e. The highest BCUT2D eigenvalue weighted by Crippen LogP contribution is 2.07. The molecule has 0 spiro atoms. The Morgan fingerprint density at radius 3 is 2.23 bits per heavy atom. The molecule has 0 bridgehead atoms. The Balaban J connectivity index is 1.58. The van der Waals surface area contributed by atoms with Crippen molar-refractivity contribution >= 4 is 11.7 Å². The number of carbonyl (C=O) groups is 1. The first-order valence-electron chi connectivity index (χ1n) is 7.21. The van der Waals surface area contributed by atoms with Crippen molar-refractivity contribution in [2.24, 2.45) is 0 Å². The molecule has 0 saturated heterocycles. The van der Waals surface area contributed by atoms with Crippen LogP contribution in [0.2, 0.25) is 0 Å². The van der Waals surface area contributed by atoms with Crippen LogP contribution < -0.4 is 5.32 Å². The van der Waals surface area contributed by atoms with Crippen LogP contribution in [0.25, 0.3) is 0 Å². The second kappa shape index (κ2) is 6.72. The van der Waals surface area contributed by atoms with E-state index < -0.39 is 0 Å². The van der Waals surface area contributed by atoms with Gasteiger partial charge >= 0.3 is 0 Å². The molecule has 0 atom stereocenters. The van der Waals surface area contributed by atoms with Gasteiger partial charge in [0.2, 0.25) is 5.91 Å². The number of nitrogens with one attached hydrogen (secondary N) is 1. The molecule has 0 unspecified atom stereocenters. The van der Waals surface area contributed by atoms with Gasteiger partial charge in [-0.15, -0.1) is 0 Å². The molecule has 0 aliphatic heterocycles. The second-order valence-electron chi connectivity index (χ2n) is 5.09. The van der Waals surface area contributed by atoms with Crippen LogP contribution >= 0.6 is 0 Å². The summed E-state index contributed by atoms with van der Waals surface area (Å²) < 4.78 is 1.81. The SMILES string of the molecule is O=C(Cc1ccccc1)Nc1ccn(Cc2ccccc2)n1. The third-order valence-electron chi connectivity index (χ3n) is 3.30. The van der Waals surface area contributed by atoms with Crippen LogP contribution in [0.15, 0.2) is 72.9 Å². The number of aromatic nitrogens is 2. The van der Waals surface area contributed by atoms with Crippen molar-refractivity contribution in [1.82, 2.24) is 9.78 Å². The van der Waals surface area contributed by atoms with E-state index in [2.05, 4.69) is 22.5 Å². The molecule has 110 valence electrons. The molecule has 3 aromatic rings. The Kier molecular flexibility index (Phi) is 4.30. The Bertz CT molecular complexity index is 735. The molecular formula is C18H17N3O. The summed E-state index contributed by atoms with van der Waals surface area (Å²) in [4.78, 5) is 12.0. The van der Waals surface area contributed by atoms with Crippen LogP contribution in [0.1, 0.15) is 11.1 Å². The predicted octanol–water partition coefficient (Wildman–Crippen LogP) is 3.11. The highest BCUT2D eigenvalue weighted by Gasteiger charge is 2.06. The molecule has 1 N–H and O–H groups in total. The lowest BCUT2D eigenvalue weighted by Crippen LogP contribution is -2.15. The van der Waals surface area contributed by atoms with Crippen LogP contribution in [0.4, 0.5) is 5.82 Å². The van der Waals surface area contributed by atoms with E-state index in [1.807, 2.05) is 65.5 Å². The van der Waals surface area contributed by atoms with Crippen molar-refractivity contribution in [3.63, 3.8) is 0 Å². The van der Waals surface area contributed by atoms with E-state index in [-0.39, 0.29) is 5.91 Å². The molecule has 0 aliphatic rings. The van der Waals surface area contributed by atoms with Crippen molar-refractivity contribution in [1.29, 1.82) is 0 Å². The number of nitrogens with zero attached hydrogens (tertiary/aromatic N) is 2. The molecule has 1 amide bonds. The zero-order chi connectivity index (χ0) is 15.2. The average molecular weight is 291 g/mol. The Morgan fingerprint density at radius 2 is 1.55 bits per heavy atom. The number of hydrogen-bond donors (Lipinski definition) is 1. The zero-order valence-corrected chi connectivity index (χ0v) is 12.1. The first kappa shape index (κ1) is 14.1. The Hall–Kier alpha value is -2.88. The third kappa shape index (κ3) is 3.82. The van der Waals surface area contributed by atoms with Crippen LogP contribution in [0, 0.1) is 0 Å². The van der Waals surface area contributed by atoms with Gasteiger partial charge in [0.25, 0.3) is 0 Å². The topological polar surface area (TPSA) is 46.9 Å². The van der Waals surface area contributed by atoms with E-state index in [0.29, 0.717) is 18.8 Å². The van der Waals surface area contributed by atoms with Crippen LogP contribution in [0.5, 0.6) is 0 Å². The molecule has 1 heterocycles. The lowest BCUT2D eigenvalue weighted by atomic mass is 10.1. The lowest BCUT2D eigenvalue weighted by molar-refractivity contribution is -0.115. The second-order valence-corrected chi connectivity index (χ2v) is 5.09. The van der Waals surface area contributed by atoms with Gasteiger partial charge in [-0.1, -0.05) is 60.7 Å². The van der Waals surface area contributed by atoms with E-state index in [1.165, 1.54) is 5.56 Å². The number of hydrogen-bond acceptors (Lipinski definition) is 2. The maximum Gasteiger partial charge on any atom is 0.229 e. The van der Waals surface area contributed by atoms with Gasteiger partial charge in [0.05, 0.1) is 13.0 Å².